The smallest absolute Gasteiger partial charge is 0.462 e. The molecule has 0 saturated heterocycles. The number of allylic oxidation sites excluding steroid dienone is 28. The number of phosphoric acid groups is 2. The molecule has 3 N–H and O–H groups in total. The highest BCUT2D eigenvalue weighted by Crippen LogP contribution is 2.45. The van der Waals surface area contributed by atoms with Crippen molar-refractivity contribution in [1.29, 1.82) is 0 Å². The van der Waals surface area contributed by atoms with Crippen LogP contribution in [0.1, 0.15) is 310 Å². The van der Waals surface area contributed by atoms with Crippen LogP contribution < -0.4 is 0 Å². The first-order valence-corrected chi connectivity index (χ1v) is 44.4. The Morgan fingerprint density at radius 3 is 0.806 bits per heavy atom. The zero-order valence-electron chi connectivity index (χ0n) is 67.2. The van der Waals surface area contributed by atoms with Gasteiger partial charge in [-0.3, -0.25) is 37.3 Å². The number of aliphatic hydroxyl groups is 1. The molecule has 17 nitrogen and oxygen atoms in total. The van der Waals surface area contributed by atoms with Crippen LogP contribution in [0.4, 0.5) is 0 Å². The number of esters is 4. The standard InChI is InChI=1S/C89H146O17P2/c1-5-9-13-17-21-25-29-33-37-40-41-44-46-50-54-58-62-66-70-74-87(92)100-80-85(106-89(94)76-72-68-64-60-56-52-48-43-39-35-31-27-23-19-15-11-7-3)82-104-108(97,98)102-78-83(90)77-101-107(95,96)103-81-84(79-99-86(91)73-69-65-61-57-53-49-45-36-32-28-24-20-16-12-8-4)105-88(93)75-71-67-63-59-55-51-47-42-38-34-30-26-22-18-14-10-6-2/h9,13,21-23,25-27,33-39,41,44-45,47-48,50-52,54,59-60,63-64,83-85,90H,5-8,10-12,14-20,24,28-32,40,42-43,46,49,53,55-58,61-62,65-82H2,1-4H3,(H,95,96)(H,97,98)/b13-9-,25-21-,26-22-,27-23-,37-33-,38-34-,39-35-,44-41-,45-36-,51-47-,52-48-,54-50-,63-59-,64-60-/t83-,84+,85+/m0/s1. The molecule has 0 aromatic rings. The molecule has 0 aromatic carbocycles. The summed E-state index contributed by atoms with van der Waals surface area (Å²) in [5, 5.41) is 10.7. The van der Waals surface area contributed by atoms with Gasteiger partial charge in [0.25, 0.3) is 0 Å². The predicted molar refractivity (Wildman–Crippen MR) is 445 cm³/mol. The summed E-state index contributed by atoms with van der Waals surface area (Å²) in [5.74, 6) is -2.36. The Morgan fingerprint density at radius 2 is 0.491 bits per heavy atom. The molecule has 0 bridgehead atoms. The number of ether oxygens (including phenoxy) is 4. The average molecular weight is 1550 g/mol. The molecule has 614 valence electrons. The van der Waals surface area contributed by atoms with Crippen molar-refractivity contribution >= 4 is 39.5 Å². The summed E-state index contributed by atoms with van der Waals surface area (Å²) in [7, 11) is -10.0. The number of carbonyl (C=O) groups excluding carboxylic acids is 4. The van der Waals surface area contributed by atoms with Gasteiger partial charge in [-0.25, -0.2) is 9.13 Å². The van der Waals surface area contributed by atoms with Crippen molar-refractivity contribution in [3.05, 3.63) is 170 Å². The van der Waals surface area contributed by atoms with Gasteiger partial charge in [-0.2, -0.15) is 0 Å². The first-order valence-electron chi connectivity index (χ1n) is 41.4. The molecule has 0 aliphatic heterocycles. The molecular weight excluding hydrogens is 1400 g/mol. The lowest BCUT2D eigenvalue weighted by Gasteiger charge is -2.21. The van der Waals surface area contributed by atoms with E-state index in [9.17, 15) is 43.2 Å². The monoisotopic (exact) mass is 1550 g/mol. The molecule has 0 heterocycles. The van der Waals surface area contributed by atoms with E-state index < -0.39 is 97.5 Å². The minimum atomic E-state index is -5.02. The summed E-state index contributed by atoms with van der Waals surface area (Å²) in [6.45, 7) is 4.52. The van der Waals surface area contributed by atoms with E-state index in [1.807, 2.05) is 24.3 Å². The quantitative estimate of drug-likeness (QED) is 0.0169. The van der Waals surface area contributed by atoms with E-state index in [2.05, 4.69) is 174 Å². The molecule has 0 amide bonds. The van der Waals surface area contributed by atoms with Crippen molar-refractivity contribution < 1.29 is 80.2 Å². The Kier molecular flexibility index (Phi) is 75.4. The van der Waals surface area contributed by atoms with Crippen LogP contribution in [0.25, 0.3) is 0 Å². The van der Waals surface area contributed by atoms with Gasteiger partial charge < -0.3 is 33.8 Å². The molecule has 19 heteroatoms. The summed E-state index contributed by atoms with van der Waals surface area (Å²) >= 11 is 0. The van der Waals surface area contributed by atoms with Crippen LogP contribution in [0.2, 0.25) is 0 Å². The van der Waals surface area contributed by atoms with Crippen LogP contribution in [-0.2, 0) is 65.4 Å². The lowest BCUT2D eigenvalue weighted by Crippen LogP contribution is -2.30. The Hall–Kier alpha value is -5.58. The molecule has 0 fully saturated rings. The van der Waals surface area contributed by atoms with Crippen LogP contribution in [0, 0.1) is 0 Å². The first kappa shape index (κ1) is 102. The molecule has 0 radical (unpaired) electrons. The summed E-state index contributed by atoms with van der Waals surface area (Å²) in [6.07, 6.45) is 94.8. The van der Waals surface area contributed by atoms with Crippen LogP contribution in [0.5, 0.6) is 0 Å². The maximum absolute atomic E-state index is 13.1. The second-order valence-electron chi connectivity index (χ2n) is 27.0. The molecule has 108 heavy (non-hydrogen) atoms. The SMILES string of the molecule is CC/C=C\C/C=C\C/C=C\C/C=C\C/C=C\CCCCCC(=O)OC[C@H](COP(=O)(O)OC[C@@H](O)COP(=O)(O)OC[C@@H](COC(=O)CCCCCCC/C=C\CCCCCCCC)OC(=O)CCC/C=C\C/C=C\C/C=C\C/C=C\CCCCC)OC(=O)CCC/C=C\C/C=C\C/C=C\C/C=C\CCCCC. The van der Waals surface area contributed by atoms with Crippen molar-refractivity contribution in [3.8, 4) is 0 Å². The highest BCUT2D eigenvalue weighted by Gasteiger charge is 2.30. The van der Waals surface area contributed by atoms with Gasteiger partial charge in [0, 0.05) is 25.7 Å². The minimum absolute atomic E-state index is 0.00360. The van der Waals surface area contributed by atoms with Gasteiger partial charge in [-0.05, 0) is 173 Å². The van der Waals surface area contributed by atoms with Crippen molar-refractivity contribution in [1.82, 2.24) is 0 Å². The van der Waals surface area contributed by atoms with Gasteiger partial charge in [-0.1, -0.05) is 281 Å². The topological polar surface area (TPSA) is 237 Å². The molecule has 5 atom stereocenters. The number of phosphoric ester groups is 2. The predicted octanol–water partition coefficient (Wildman–Crippen LogP) is 24.6. The van der Waals surface area contributed by atoms with Crippen molar-refractivity contribution in [3.63, 3.8) is 0 Å². The zero-order chi connectivity index (χ0) is 78.9. The third-order valence-corrected chi connectivity index (χ3v) is 18.5. The fourth-order valence-corrected chi connectivity index (χ4v) is 11.9. The maximum Gasteiger partial charge on any atom is 0.472 e. The van der Waals surface area contributed by atoms with E-state index in [0.29, 0.717) is 38.5 Å². The number of rotatable bonds is 76. The highest BCUT2D eigenvalue weighted by molar-refractivity contribution is 7.47. The lowest BCUT2D eigenvalue weighted by atomic mass is 10.1. The van der Waals surface area contributed by atoms with E-state index in [-0.39, 0.29) is 25.7 Å². The van der Waals surface area contributed by atoms with Crippen molar-refractivity contribution in [2.24, 2.45) is 0 Å². The Morgan fingerprint density at radius 1 is 0.269 bits per heavy atom. The Bertz CT molecular complexity index is 2710. The maximum atomic E-state index is 13.1. The second-order valence-corrected chi connectivity index (χ2v) is 29.9. The van der Waals surface area contributed by atoms with E-state index >= 15 is 0 Å². The fourth-order valence-electron chi connectivity index (χ4n) is 10.3. The van der Waals surface area contributed by atoms with Crippen molar-refractivity contribution in [2.75, 3.05) is 39.6 Å². The summed E-state index contributed by atoms with van der Waals surface area (Å²) in [6, 6.07) is 0. The summed E-state index contributed by atoms with van der Waals surface area (Å²) in [5.41, 5.74) is 0. The van der Waals surface area contributed by atoms with Gasteiger partial charge in [0.05, 0.1) is 26.4 Å². The average Bonchev–Trinajstić information content (AvgIpc) is 0.903. The largest absolute Gasteiger partial charge is 0.472 e. The van der Waals surface area contributed by atoms with E-state index in [1.54, 1.807) is 0 Å². The second kappa shape index (κ2) is 79.5. The molecule has 0 aliphatic rings. The van der Waals surface area contributed by atoms with Gasteiger partial charge in [0.15, 0.2) is 12.2 Å². The van der Waals surface area contributed by atoms with Crippen LogP contribution in [-0.4, -0.2) is 96.7 Å². The van der Waals surface area contributed by atoms with Crippen LogP contribution in [0.3, 0.4) is 0 Å². The molecule has 2 unspecified atom stereocenters. The summed E-state index contributed by atoms with van der Waals surface area (Å²) < 4.78 is 68.6. The van der Waals surface area contributed by atoms with E-state index in [4.69, 9.17) is 37.0 Å². The first-order chi connectivity index (χ1) is 52.7. The van der Waals surface area contributed by atoms with Crippen LogP contribution in [0.15, 0.2) is 170 Å². The third kappa shape index (κ3) is 78.5. The highest BCUT2D eigenvalue weighted by atomic mass is 31.2. The molecule has 0 aromatic heterocycles. The molecule has 0 saturated carbocycles. The zero-order valence-corrected chi connectivity index (χ0v) is 69.0. The minimum Gasteiger partial charge on any atom is -0.462 e. The number of aliphatic hydroxyl groups excluding tert-OH is 1. The van der Waals surface area contributed by atoms with E-state index in [1.165, 1.54) is 77.0 Å². The van der Waals surface area contributed by atoms with Gasteiger partial charge in [0.2, 0.25) is 0 Å². The number of hydrogen-bond acceptors (Lipinski definition) is 15. The van der Waals surface area contributed by atoms with Gasteiger partial charge in [0.1, 0.15) is 19.3 Å². The summed E-state index contributed by atoms with van der Waals surface area (Å²) in [4.78, 5) is 73.1. The van der Waals surface area contributed by atoms with Crippen LogP contribution >= 0.6 is 15.6 Å². The Balaban J connectivity index is 5.53. The number of unbranched alkanes of at least 4 members (excludes halogenated alkanes) is 22. The van der Waals surface area contributed by atoms with Gasteiger partial charge >= 0.3 is 39.5 Å². The fraction of sp³-hybridized carbons (Fsp3) is 0.640. The normalized spacial score (nSPS) is 14.7. The van der Waals surface area contributed by atoms with E-state index in [0.717, 1.165) is 141 Å². The molecule has 0 aliphatic carbocycles. The Labute approximate surface area is 654 Å². The van der Waals surface area contributed by atoms with Crippen molar-refractivity contribution in [2.45, 2.75) is 329 Å². The lowest BCUT2D eigenvalue weighted by molar-refractivity contribution is -0.161. The number of hydrogen-bond donors (Lipinski definition) is 3. The number of carbonyl (C=O) groups is 4. The molecule has 0 spiro atoms. The molecule has 0 rings (SSSR count). The third-order valence-electron chi connectivity index (χ3n) is 16.6. The molecular formula is C89H146O17P2. The van der Waals surface area contributed by atoms with Gasteiger partial charge in [-0.15, -0.1) is 0 Å².